The van der Waals surface area contributed by atoms with Crippen LogP contribution in [0.25, 0.3) is 11.0 Å². The molecule has 8 heteroatoms. The molecular formula is C19H19FN4O3. The van der Waals surface area contributed by atoms with Gasteiger partial charge in [-0.15, -0.1) is 0 Å². The molecule has 4 rings (SSSR count). The van der Waals surface area contributed by atoms with Crippen molar-refractivity contribution < 1.29 is 18.7 Å². The van der Waals surface area contributed by atoms with Crippen LogP contribution in [0.3, 0.4) is 0 Å². The average Bonchev–Trinajstić information content (AvgIpc) is 3.07. The van der Waals surface area contributed by atoms with Crippen molar-refractivity contribution in [3.63, 3.8) is 0 Å². The van der Waals surface area contributed by atoms with Crippen molar-refractivity contribution in [2.75, 3.05) is 20.3 Å². The highest BCUT2D eigenvalue weighted by atomic mass is 19.1. The van der Waals surface area contributed by atoms with E-state index in [4.69, 9.17) is 9.47 Å². The molecular weight excluding hydrogens is 351 g/mol. The molecule has 3 aromatic rings. The number of carbonyl (C=O) groups is 1. The summed E-state index contributed by atoms with van der Waals surface area (Å²) < 4.78 is 26.3. The van der Waals surface area contributed by atoms with Crippen LogP contribution in [-0.2, 0) is 22.6 Å². The van der Waals surface area contributed by atoms with Gasteiger partial charge in [0.1, 0.15) is 18.2 Å². The maximum atomic E-state index is 13.7. The topological polar surface area (TPSA) is 78.3 Å². The first-order valence-electron chi connectivity index (χ1n) is 8.63. The molecule has 0 spiro atoms. The summed E-state index contributed by atoms with van der Waals surface area (Å²) in [4.78, 5) is 20.1. The smallest absolute Gasteiger partial charge is 0.337 e. The number of esters is 1. The fourth-order valence-electron chi connectivity index (χ4n) is 3.33. The van der Waals surface area contributed by atoms with E-state index in [0.717, 1.165) is 16.9 Å². The first-order valence-corrected chi connectivity index (χ1v) is 8.63. The van der Waals surface area contributed by atoms with Crippen LogP contribution in [0.15, 0.2) is 36.7 Å². The fourth-order valence-corrected chi connectivity index (χ4v) is 3.33. The van der Waals surface area contributed by atoms with Crippen LogP contribution in [0.4, 0.5) is 4.39 Å². The quantitative estimate of drug-likeness (QED) is 0.694. The van der Waals surface area contributed by atoms with Crippen LogP contribution in [-0.4, -0.2) is 40.8 Å². The van der Waals surface area contributed by atoms with Gasteiger partial charge in [-0.2, -0.15) is 0 Å². The molecule has 0 aliphatic carbocycles. The van der Waals surface area contributed by atoms with E-state index >= 15 is 0 Å². The molecule has 0 amide bonds. The lowest BCUT2D eigenvalue weighted by molar-refractivity contribution is 0.0563. The van der Waals surface area contributed by atoms with E-state index in [-0.39, 0.29) is 11.9 Å². The van der Waals surface area contributed by atoms with Gasteiger partial charge in [0.15, 0.2) is 0 Å². The van der Waals surface area contributed by atoms with Crippen LogP contribution < -0.4 is 5.32 Å². The van der Waals surface area contributed by atoms with Gasteiger partial charge in [-0.05, 0) is 24.3 Å². The summed E-state index contributed by atoms with van der Waals surface area (Å²) in [7, 11) is 1.35. The summed E-state index contributed by atoms with van der Waals surface area (Å²) in [5.41, 5.74) is 2.69. The third-order valence-corrected chi connectivity index (χ3v) is 4.64. The number of rotatable bonds is 5. The van der Waals surface area contributed by atoms with E-state index in [2.05, 4.69) is 19.9 Å². The standard InChI is InChI=1S/C19H19FN4O3/c1-26-19(25)12-2-3-17-16(6-12)23-18-11-27-10-14(24(17)18)8-22-7-13-4-5-21-9-15(13)20/h2-6,9,14,22H,7-8,10-11H2,1H3/t14-/m0/s1. The molecule has 1 aliphatic rings. The minimum Gasteiger partial charge on any atom is -0.465 e. The number of methoxy groups -OCH3 is 1. The Bertz CT molecular complexity index is 988. The van der Waals surface area contributed by atoms with Gasteiger partial charge >= 0.3 is 5.97 Å². The molecule has 7 nitrogen and oxygen atoms in total. The first-order chi connectivity index (χ1) is 13.2. The number of imidazole rings is 1. The summed E-state index contributed by atoms with van der Waals surface area (Å²) in [6.45, 7) is 1.94. The van der Waals surface area contributed by atoms with Gasteiger partial charge < -0.3 is 19.4 Å². The number of hydrogen-bond acceptors (Lipinski definition) is 6. The Balaban J connectivity index is 1.55. The number of hydrogen-bond donors (Lipinski definition) is 1. The van der Waals surface area contributed by atoms with Gasteiger partial charge in [0.25, 0.3) is 0 Å². The highest BCUT2D eigenvalue weighted by Crippen LogP contribution is 2.26. The lowest BCUT2D eigenvalue weighted by atomic mass is 10.2. The first kappa shape index (κ1) is 17.6. The normalized spacial score (nSPS) is 16.3. The van der Waals surface area contributed by atoms with E-state index in [1.807, 2.05) is 6.07 Å². The zero-order chi connectivity index (χ0) is 18.8. The Morgan fingerprint density at radius 1 is 1.44 bits per heavy atom. The van der Waals surface area contributed by atoms with Crippen molar-refractivity contribution in [2.45, 2.75) is 19.2 Å². The number of fused-ring (bicyclic) bond motifs is 3. The molecule has 0 bridgehead atoms. The Morgan fingerprint density at radius 2 is 2.33 bits per heavy atom. The molecule has 0 saturated carbocycles. The predicted molar refractivity (Wildman–Crippen MR) is 95.7 cm³/mol. The van der Waals surface area contributed by atoms with Crippen LogP contribution in [0.5, 0.6) is 0 Å². The number of nitrogens with zero attached hydrogens (tertiary/aromatic N) is 3. The van der Waals surface area contributed by atoms with Crippen molar-refractivity contribution in [1.29, 1.82) is 0 Å². The molecule has 2 aromatic heterocycles. The fraction of sp³-hybridized carbons (Fsp3) is 0.316. The van der Waals surface area contributed by atoms with E-state index < -0.39 is 5.97 Å². The number of benzene rings is 1. The lowest BCUT2D eigenvalue weighted by Gasteiger charge is -2.26. The maximum Gasteiger partial charge on any atom is 0.337 e. The zero-order valence-electron chi connectivity index (χ0n) is 14.8. The molecule has 27 heavy (non-hydrogen) atoms. The molecule has 0 radical (unpaired) electrons. The van der Waals surface area contributed by atoms with Gasteiger partial charge in [0.05, 0.1) is 42.6 Å². The van der Waals surface area contributed by atoms with Crippen LogP contribution in [0, 0.1) is 5.82 Å². The molecule has 1 atom stereocenters. The third kappa shape index (κ3) is 3.41. The number of ether oxygens (including phenoxy) is 2. The second kappa shape index (κ2) is 7.42. The zero-order valence-corrected chi connectivity index (χ0v) is 14.8. The predicted octanol–water partition coefficient (Wildman–Crippen LogP) is 2.22. The van der Waals surface area contributed by atoms with E-state index in [0.29, 0.717) is 37.4 Å². The summed E-state index contributed by atoms with van der Waals surface area (Å²) in [6.07, 6.45) is 2.78. The number of pyridine rings is 1. The molecule has 0 saturated heterocycles. The number of aromatic nitrogens is 3. The number of carbonyl (C=O) groups excluding carboxylic acids is 1. The molecule has 1 aromatic carbocycles. The minimum atomic E-state index is -0.392. The van der Waals surface area contributed by atoms with Gasteiger partial charge in [-0.3, -0.25) is 4.98 Å². The maximum absolute atomic E-state index is 13.7. The van der Waals surface area contributed by atoms with Crippen LogP contribution >= 0.6 is 0 Å². The number of halogens is 1. The summed E-state index contributed by atoms with van der Waals surface area (Å²) in [5, 5.41) is 3.28. The number of nitrogens with one attached hydrogen (secondary N) is 1. The van der Waals surface area contributed by atoms with Gasteiger partial charge in [-0.1, -0.05) is 0 Å². The van der Waals surface area contributed by atoms with E-state index in [1.54, 1.807) is 24.4 Å². The summed E-state index contributed by atoms with van der Waals surface area (Å²) >= 11 is 0. The largest absolute Gasteiger partial charge is 0.465 e. The molecule has 140 valence electrons. The Morgan fingerprint density at radius 3 is 3.15 bits per heavy atom. The molecule has 1 aliphatic heterocycles. The van der Waals surface area contributed by atoms with Crippen LogP contribution in [0.2, 0.25) is 0 Å². The van der Waals surface area contributed by atoms with Crippen molar-refractivity contribution in [3.05, 3.63) is 59.4 Å². The van der Waals surface area contributed by atoms with E-state index in [9.17, 15) is 9.18 Å². The second-order valence-electron chi connectivity index (χ2n) is 6.36. The molecule has 3 heterocycles. The SMILES string of the molecule is COC(=O)c1ccc2c(c1)nc1n2[C@@H](CNCc2ccncc2F)COC1. The Kier molecular flexibility index (Phi) is 4.83. The highest BCUT2D eigenvalue weighted by Gasteiger charge is 2.24. The van der Waals surface area contributed by atoms with Gasteiger partial charge in [-0.25, -0.2) is 14.2 Å². The average molecular weight is 370 g/mol. The molecule has 1 N–H and O–H groups in total. The van der Waals surface area contributed by atoms with Crippen molar-refractivity contribution in [1.82, 2.24) is 19.9 Å². The van der Waals surface area contributed by atoms with Gasteiger partial charge in [0.2, 0.25) is 0 Å². The van der Waals surface area contributed by atoms with Crippen molar-refractivity contribution in [3.8, 4) is 0 Å². The summed E-state index contributed by atoms with van der Waals surface area (Å²) in [5.74, 6) is 0.0888. The lowest BCUT2D eigenvalue weighted by Crippen LogP contribution is -2.32. The second-order valence-corrected chi connectivity index (χ2v) is 6.36. The molecule has 0 unspecified atom stereocenters. The minimum absolute atomic E-state index is 0.0209. The van der Waals surface area contributed by atoms with Gasteiger partial charge in [0, 0.05) is 24.8 Å². The van der Waals surface area contributed by atoms with Crippen LogP contribution in [0.1, 0.15) is 27.8 Å². The van der Waals surface area contributed by atoms with E-state index in [1.165, 1.54) is 13.3 Å². The highest BCUT2D eigenvalue weighted by molar-refractivity contribution is 5.93. The monoisotopic (exact) mass is 370 g/mol. The Hall–Kier alpha value is -2.84. The molecule has 0 fully saturated rings. The Labute approximate surface area is 155 Å². The van der Waals surface area contributed by atoms with Crippen molar-refractivity contribution in [2.24, 2.45) is 0 Å². The summed E-state index contributed by atoms with van der Waals surface area (Å²) in [6, 6.07) is 7.01. The van der Waals surface area contributed by atoms with Crippen molar-refractivity contribution >= 4 is 17.0 Å². The third-order valence-electron chi connectivity index (χ3n) is 4.64.